The van der Waals surface area contributed by atoms with E-state index in [0.717, 1.165) is 38.8 Å². The highest BCUT2D eigenvalue weighted by Crippen LogP contribution is 2.45. The summed E-state index contributed by atoms with van der Waals surface area (Å²) >= 11 is 0. The average molecular weight is 366 g/mol. The minimum atomic E-state index is 0.0490. The zero-order chi connectivity index (χ0) is 19.1. The van der Waals surface area contributed by atoms with Crippen LogP contribution in [0.15, 0.2) is 78.9 Å². The quantitative estimate of drug-likeness (QED) is 0.413. The molecule has 0 radical (unpaired) electrons. The van der Waals surface area contributed by atoms with Crippen LogP contribution in [0.25, 0.3) is 21.9 Å². The summed E-state index contributed by atoms with van der Waals surface area (Å²) in [6, 6.07) is 25.6. The molecule has 4 aromatic carbocycles. The first-order valence-electron chi connectivity index (χ1n) is 9.22. The normalized spacial score (nSPS) is 12.0. The Labute approximate surface area is 163 Å². The van der Waals surface area contributed by atoms with E-state index in [4.69, 9.17) is 9.47 Å². The first-order valence-corrected chi connectivity index (χ1v) is 9.22. The van der Waals surface area contributed by atoms with Gasteiger partial charge in [0.1, 0.15) is 18.1 Å². The lowest BCUT2D eigenvalue weighted by atomic mass is 9.97. The highest BCUT2D eigenvalue weighted by Gasteiger charge is 2.29. The van der Waals surface area contributed by atoms with Crippen LogP contribution in [0.3, 0.4) is 0 Å². The van der Waals surface area contributed by atoms with Crippen molar-refractivity contribution in [2.75, 3.05) is 7.11 Å². The van der Waals surface area contributed by atoms with Gasteiger partial charge in [-0.05, 0) is 40.8 Å². The Hall–Kier alpha value is -3.59. The van der Waals surface area contributed by atoms with Crippen LogP contribution in [-0.2, 0) is 6.61 Å². The molecule has 0 aliphatic heterocycles. The number of fused-ring (bicyclic) bond motifs is 5. The van der Waals surface area contributed by atoms with Crippen molar-refractivity contribution >= 4 is 16.6 Å². The second-order valence-corrected chi connectivity index (χ2v) is 6.86. The van der Waals surface area contributed by atoms with E-state index in [1.54, 1.807) is 7.11 Å². The minimum Gasteiger partial charge on any atom is -0.497 e. The fourth-order valence-corrected chi connectivity index (χ4v) is 3.87. The van der Waals surface area contributed by atoms with Gasteiger partial charge < -0.3 is 9.47 Å². The lowest BCUT2D eigenvalue weighted by Crippen LogP contribution is -2.00. The van der Waals surface area contributed by atoms with Gasteiger partial charge in [0.25, 0.3) is 0 Å². The van der Waals surface area contributed by atoms with Gasteiger partial charge in [-0.25, -0.2) is 0 Å². The van der Waals surface area contributed by atoms with Gasteiger partial charge in [0, 0.05) is 22.1 Å². The first kappa shape index (κ1) is 16.6. The van der Waals surface area contributed by atoms with Crippen LogP contribution in [0.5, 0.6) is 11.5 Å². The molecular formula is C25H18O3. The van der Waals surface area contributed by atoms with Crippen LogP contribution in [-0.4, -0.2) is 12.9 Å². The molecule has 28 heavy (non-hydrogen) atoms. The van der Waals surface area contributed by atoms with E-state index < -0.39 is 0 Å². The summed E-state index contributed by atoms with van der Waals surface area (Å²) in [5.41, 5.74) is 4.48. The van der Waals surface area contributed by atoms with E-state index in [0.29, 0.717) is 17.9 Å². The van der Waals surface area contributed by atoms with Crippen molar-refractivity contribution in [1.82, 2.24) is 0 Å². The Morgan fingerprint density at radius 1 is 0.750 bits per heavy atom. The van der Waals surface area contributed by atoms with E-state index in [1.807, 2.05) is 78.9 Å². The summed E-state index contributed by atoms with van der Waals surface area (Å²) in [6.45, 7) is 0.438. The summed E-state index contributed by atoms with van der Waals surface area (Å²) < 4.78 is 11.6. The van der Waals surface area contributed by atoms with E-state index >= 15 is 0 Å². The molecule has 0 bridgehead atoms. The number of benzene rings is 4. The Kier molecular flexibility index (Phi) is 3.87. The molecule has 0 heterocycles. The molecule has 0 N–H and O–H groups in total. The molecule has 5 rings (SSSR count). The van der Waals surface area contributed by atoms with E-state index in [9.17, 15) is 4.79 Å². The van der Waals surface area contributed by atoms with Crippen LogP contribution >= 0.6 is 0 Å². The lowest BCUT2D eigenvalue weighted by molar-refractivity contribution is 0.104. The summed E-state index contributed by atoms with van der Waals surface area (Å²) in [5, 5.41) is 1.94. The van der Waals surface area contributed by atoms with Crippen molar-refractivity contribution in [2.24, 2.45) is 0 Å². The first-order chi connectivity index (χ1) is 13.8. The Balaban J connectivity index is 1.70. The minimum absolute atomic E-state index is 0.0490. The number of ketones is 1. The summed E-state index contributed by atoms with van der Waals surface area (Å²) in [5.74, 6) is 1.50. The number of carbonyl (C=O) groups excluding carboxylic acids is 1. The monoisotopic (exact) mass is 366 g/mol. The molecule has 0 unspecified atom stereocenters. The maximum absolute atomic E-state index is 13.0. The number of ether oxygens (including phenoxy) is 2. The molecule has 0 atom stereocenters. The predicted molar refractivity (Wildman–Crippen MR) is 110 cm³/mol. The molecule has 1 aliphatic carbocycles. The molecule has 0 saturated carbocycles. The molecule has 0 amide bonds. The smallest absolute Gasteiger partial charge is 0.194 e. The second-order valence-electron chi connectivity index (χ2n) is 6.86. The number of hydrogen-bond donors (Lipinski definition) is 0. The largest absolute Gasteiger partial charge is 0.497 e. The van der Waals surface area contributed by atoms with Gasteiger partial charge in [0.05, 0.1) is 7.11 Å². The Morgan fingerprint density at radius 3 is 2.29 bits per heavy atom. The van der Waals surface area contributed by atoms with Crippen LogP contribution in [0.4, 0.5) is 0 Å². The van der Waals surface area contributed by atoms with Crippen molar-refractivity contribution in [3.8, 4) is 22.6 Å². The van der Waals surface area contributed by atoms with E-state index in [-0.39, 0.29) is 5.78 Å². The highest BCUT2D eigenvalue weighted by molar-refractivity contribution is 6.26. The zero-order valence-corrected chi connectivity index (χ0v) is 15.4. The topological polar surface area (TPSA) is 35.5 Å². The van der Waals surface area contributed by atoms with E-state index in [2.05, 4.69) is 0 Å². The fraction of sp³-hybridized carbons (Fsp3) is 0.0800. The fourth-order valence-electron chi connectivity index (χ4n) is 3.87. The highest BCUT2D eigenvalue weighted by atomic mass is 16.5. The molecule has 3 nitrogen and oxygen atoms in total. The van der Waals surface area contributed by atoms with Crippen LogP contribution < -0.4 is 9.47 Å². The summed E-state index contributed by atoms with van der Waals surface area (Å²) in [6.07, 6.45) is 0. The average Bonchev–Trinajstić information content (AvgIpc) is 3.04. The molecule has 136 valence electrons. The van der Waals surface area contributed by atoms with Crippen molar-refractivity contribution in [3.05, 3.63) is 95.6 Å². The number of methoxy groups -OCH3 is 1. The lowest BCUT2D eigenvalue weighted by Gasteiger charge is -2.14. The van der Waals surface area contributed by atoms with Gasteiger partial charge in [-0.15, -0.1) is 0 Å². The van der Waals surface area contributed by atoms with Crippen molar-refractivity contribution in [1.29, 1.82) is 0 Å². The molecule has 0 aromatic heterocycles. The predicted octanol–water partition coefficient (Wildman–Crippen LogP) is 5.64. The maximum atomic E-state index is 13.0. The molecule has 0 fully saturated rings. The van der Waals surface area contributed by atoms with Crippen molar-refractivity contribution in [2.45, 2.75) is 6.61 Å². The van der Waals surface area contributed by atoms with Gasteiger partial charge in [0.15, 0.2) is 5.78 Å². The van der Waals surface area contributed by atoms with Crippen LogP contribution in [0.2, 0.25) is 0 Å². The maximum Gasteiger partial charge on any atom is 0.194 e. The molecule has 4 aromatic rings. The molecule has 0 spiro atoms. The second kappa shape index (κ2) is 6.54. The third-order valence-corrected chi connectivity index (χ3v) is 5.23. The summed E-state index contributed by atoms with van der Waals surface area (Å²) in [4.78, 5) is 13.0. The van der Waals surface area contributed by atoms with Crippen molar-refractivity contribution in [3.63, 3.8) is 0 Å². The Bertz CT molecular complexity index is 1210. The Morgan fingerprint density at radius 2 is 1.50 bits per heavy atom. The van der Waals surface area contributed by atoms with Gasteiger partial charge in [-0.2, -0.15) is 0 Å². The van der Waals surface area contributed by atoms with Gasteiger partial charge in [-0.1, -0.05) is 54.6 Å². The van der Waals surface area contributed by atoms with Crippen LogP contribution in [0.1, 0.15) is 21.5 Å². The number of rotatable bonds is 4. The van der Waals surface area contributed by atoms with Crippen molar-refractivity contribution < 1.29 is 14.3 Å². The SMILES string of the molecule is COc1ccc2c3c(cc(OCc4ccccc4)c2c1)C(=O)c1ccccc1-3. The number of carbonyl (C=O) groups is 1. The third kappa shape index (κ3) is 2.55. The standard InChI is InChI=1S/C25H18O3/c1-27-17-11-12-19-21(13-17)23(28-15-16-7-3-2-4-8-16)14-22-24(19)18-9-5-6-10-20(18)25(22)26/h2-14H,15H2,1H3. The molecule has 0 saturated heterocycles. The number of hydrogen-bond acceptors (Lipinski definition) is 3. The summed E-state index contributed by atoms with van der Waals surface area (Å²) in [7, 11) is 1.65. The zero-order valence-electron chi connectivity index (χ0n) is 15.4. The van der Waals surface area contributed by atoms with Crippen LogP contribution in [0, 0.1) is 0 Å². The molecule has 1 aliphatic rings. The third-order valence-electron chi connectivity index (χ3n) is 5.23. The van der Waals surface area contributed by atoms with Gasteiger partial charge in [0.2, 0.25) is 0 Å². The van der Waals surface area contributed by atoms with Gasteiger partial charge >= 0.3 is 0 Å². The molecule has 3 heteroatoms. The van der Waals surface area contributed by atoms with E-state index in [1.165, 1.54) is 0 Å². The molecular weight excluding hydrogens is 348 g/mol. The van der Waals surface area contributed by atoms with Gasteiger partial charge in [-0.3, -0.25) is 4.79 Å².